The molecule has 0 aliphatic carbocycles. The highest BCUT2D eigenvalue weighted by Crippen LogP contribution is 2.52. The number of carbonyl (C=O) groups is 2. The first-order chi connectivity index (χ1) is 17.4. The van der Waals surface area contributed by atoms with Gasteiger partial charge >= 0.3 is 13.7 Å². The first-order valence-electron chi connectivity index (χ1n) is 12.9. The van der Waals surface area contributed by atoms with Crippen LogP contribution in [0.4, 0.5) is 4.79 Å². The van der Waals surface area contributed by atoms with Crippen molar-refractivity contribution in [1.82, 2.24) is 10.2 Å². The highest BCUT2D eigenvalue weighted by atomic mass is 31.2. The van der Waals surface area contributed by atoms with Crippen LogP contribution in [0.5, 0.6) is 11.5 Å². The Kier molecular flexibility index (Phi) is 9.30. The second-order valence-corrected chi connectivity index (χ2v) is 12.5. The fourth-order valence-corrected chi connectivity index (χ4v) is 5.47. The maximum Gasteiger partial charge on any atom is 0.452 e. The third-order valence-electron chi connectivity index (χ3n) is 6.14. The lowest BCUT2D eigenvalue weighted by atomic mass is 10.2. The Balaban J connectivity index is 1.80. The first kappa shape index (κ1) is 28.6. The molecule has 3 rings (SSSR count). The summed E-state index contributed by atoms with van der Waals surface area (Å²) in [7, 11) is -3.94. The van der Waals surface area contributed by atoms with Crippen LogP contribution < -0.4 is 14.4 Å². The van der Waals surface area contributed by atoms with Gasteiger partial charge < -0.3 is 19.1 Å². The van der Waals surface area contributed by atoms with Gasteiger partial charge in [0.2, 0.25) is 5.91 Å². The van der Waals surface area contributed by atoms with Crippen molar-refractivity contribution in [2.24, 2.45) is 0 Å². The van der Waals surface area contributed by atoms with E-state index in [2.05, 4.69) is 5.32 Å². The van der Waals surface area contributed by atoms with E-state index in [9.17, 15) is 14.2 Å². The van der Waals surface area contributed by atoms with E-state index in [1.807, 2.05) is 38.1 Å². The fraction of sp³-hybridized carbons (Fsp3) is 0.500. The van der Waals surface area contributed by atoms with Crippen molar-refractivity contribution in [3.05, 3.63) is 59.7 Å². The third kappa shape index (κ3) is 7.75. The average molecular weight is 531 g/mol. The summed E-state index contributed by atoms with van der Waals surface area (Å²) in [6.07, 6.45) is 2.34. The van der Waals surface area contributed by atoms with Crippen molar-refractivity contribution < 1.29 is 27.9 Å². The molecule has 1 aliphatic heterocycles. The maximum absolute atomic E-state index is 14.1. The average Bonchev–Trinajstić information content (AvgIpc) is 3.34. The molecular weight excluding hydrogens is 491 g/mol. The van der Waals surface area contributed by atoms with E-state index >= 15 is 0 Å². The van der Waals surface area contributed by atoms with E-state index in [-0.39, 0.29) is 0 Å². The number of hydrogen-bond donors (Lipinski definition) is 1. The number of benzene rings is 2. The van der Waals surface area contributed by atoms with Crippen molar-refractivity contribution in [3.63, 3.8) is 0 Å². The minimum absolute atomic E-state index is 0.378. The Morgan fingerprint density at radius 1 is 0.973 bits per heavy atom. The molecular formula is C28H39N2O6P. The molecule has 2 amide bonds. The molecule has 1 unspecified atom stereocenters. The lowest BCUT2D eigenvalue weighted by molar-refractivity contribution is -0.125. The molecule has 0 saturated carbocycles. The van der Waals surface area contributed by atoms with Crippen LogP contribution in [0, 0.1) is 0 Å². The van der Waals surface area contributed by atoms with Crippen molar-refractivity contribution in [2.75, 3.05) is 6.54 Å². The number of amides is 2. The van der Waals surface area contributed by atoms with E-state index < -0.39 is 37.0 Å². The normalized spacial score (nSPS) is 16.7. The van der Waals surface area contributed by atoms with E-state index in [0.29, 0.717) is 30.9 Å². The number of rotatable bonds is 9. The zero-order valence-corrected chi connectivity index (χ0v) is 23.5. The third-order valence-corrected chi connectivity index (χ3v) is 8.15. The minimum atomic E-state index is -3.94. The Bertz CT molecular complexity index is 1060. The Hall–Kier alpha value is -2.99. The van der Waals surface area contributed by atoms with Gasteiger partial charge in [-0.1, -0.05) is 38.1 Å². The van der Waals surface area contributed by atoms with Crippen molar-refractivity contribution >= 4 is 19.6 Å². The summed E-state index contributed by atoms with van der Waals surface area (Å²) in [5, 5.41) is 2.79. The molecule has 9 heteroatoms. The Labute approximate surface area is 220 Å². The summed E-state index contributed by atoms with van der Waals surface area (Å²) in [5.74, 6) is -0.658. The van der Waals surface area contributed by atoms with Gasteiger partial charge in [0.1, 0.15) is 23.1 Å². The smallest absolute Gasteiger partial charge is 0.444 e. The molecule has 0 spiro atoms. The van der Waals surface area contributed by atoms with E-state index in [0.717, 1.165) is 24.0 Å². The van der Waals surface area contributed by atoms with Crippen LogP contribution in [0.2, 0.25) is 0 Å². The summed E-state index contributed by atoms with van der Waals surface area (Å²) in [6.45, 7) is 11.4. The summed E-state index contributed by atoms with van der Waals surface area (Å²) in [6, 6.07) is 13.8. The van der Waals surface area contributed by atoms with Gasteiger partial charge in [-0.2, -0.15) is 0 Å². The molecule has 2 aromatic rings. The van der Waals surface area contributed by atoms with E-state index in [1.54, 1.807) is 52.0 Å². The molecule has 2 atom stereocenters. The SMILES string of the molecule is CCc1ccc(OP(=O)(Oc2ccc(CC)cc2)C(C)NC(=O)[C@@H]2CCCN2C(=O)OC(C)(C)C)cc1. The predicted octanol–water partition coefficient (Wildman–Crippen LogP) is 6.32. The van der Waals surface area contributed by atoms with Gasteiger partial charge in [-0.25, -0.2) is 9.36 Å². The van der Waals surface area contributed by atoms with Gasteiger partial charge in [0.25, 0.3) is 0 Å². The van der Waals surface area contributed by atoms with Crippen molar-refractivity contribution in [3.8, 4) is 11.5 Å². The number of hydrogen-bond acceptors (Lipinski definition) is 6. The lowest BCUT2D eigenvalue weighted by Gasteiger charge is -2.30. The number of carbonyl (C=O) groups excluding carboxylic acids is 2. The number of nitrogens with one attached hydrogen (secondary N) is 1. The Morgan fingerprint density at radius 3 is 1.89 bits per heavy atom. The monoisotopic (exact) mass is 530 g/mol. The minimum Gasteiger partial charge on any atom is -0.444 e. The fourth-order valence-electron chi connectivity index (χ4n) is 4.00. The summed E-state index contributed by atoms with van der Waals surface area (Å²) in [4.78, 5) is 27.4. The van der Waals surface area contributed by atoms with Crippen LogP contribution in [0.1, 0.15) is 65.5 Å². The van der Waals surface area contributed by atoms with Gasteiger partial charge in [-0.3, -0.25) is 9.69 Å². The standard InChI is InChI=1S/C28H39N2O6P/c1-7-21-11-15-23(16-12-21)35-37(33,36-24-17-13-22(8-2)14-18-24)20(3)29-26(31)25-10-9-19-30(25)27(32)34-28(4,5)6/h11-18,20,25H,7-10,19H2,1-6H3,(H,29,31)/t20?,25-/m0/s1. The number of likely N-dealkylation sites (tertiary alicyclic amines) is 1. The largest absolute Gasteiger partial charge is 0.452 e. The van der Waals surface area contributed by atoms with Gasteiger partial charge in [0.15, 0.2) is 5.78 Å². The van der Waals surface area contributed by atoms with Crippen molar-refractivity contribution in [2.45, 2.75) is 84.7 Å². The van der Waals surface area contributed by atoms with Gasteiger partial charge in [0.05, 0.1) is 0 Å². The molecule has 0 radical (unpaired) electrons. The summed E-state index contributed by atoms with van der Waals surface area (Å²) in [5.41, 5.74) is 1.55. The first-order valence-corrected chi connectivity index (χ1v) is 14.5. The predicted molar refractivity (Wildman–Crippen MR) is 144 cm³/mol. The number of nitrogens with zero attached hydrogens (tertiary/aromatic N) is 1. The lowest BCUT2D eigenvalue weighted by Crippen LogP contribution is -2.49. The zero-order valence-electron chi connectivity index (χ0n) is 22.7. The quantitative estimate of drug-likeness (QED) is 0.381. The van der Waals surface area contributed by atoms with Crippen molar-refractivity contribution in [1.29, 1.82) is 0 Å². The summed E-state index contributed by atoms with van der Waals surface area (Å²) >= 11 is 0. The molecule has 8 nitrogen and oxygen atoms in total. The zero-order chi connectivity index (χ0) is 27.2. The van der Waals surface area contributed by atoms with Gasteiger partial charge in [-0.15, -0.1) is 0 Å². The van der Waals surface area contributed by atoms with E-state index in [1.165, 1.54) is 4.90 Å². The highest BCUT2D eigenvalue weighted by Gasteiger charge is 2.42. The van der Waals surface area contributed by atoms with Gasteiger partial charge in [-0.05, 0) is 88.8 Å². The molecule has 1 heterocycles. The van der Waals surface area contributed by atoms with Gasteiger partial charge in [0, 0.05) is 6.54 Å². The summed E-state index contributed by atoms with van der Waals surface area (Å²) < 4.78 is 31.5. The van der Waals surface area contributed by atoms with E-state index in [4.69, 9.17) is 13.8 Å². The number of aryl methyl sites for hydroxylation is 2. The van der Waals surface area contributed by atoms with Crippen LogP contribution in [-0.2, 0) is 26.9 Å². The van der Waals surface area contributed by atoms with Crippen LogP contribution in [0.25, 0.3) is 0 Å². The molecule has 202 valence electrons. The van der Waals surface area contributed by atoms with Crippen LogP contribution >= 0.6 is 7.60 Å². The number of ether oxygens (including phenoxy) is 1. The molecule has 37 heavy (non-hydrogen) atoms. The molecule has 2 aromatic carbocycles. The van der Waals surface area contributed by atoms with Crippen LogP contribution in [0.15, 0.2) is 48.5 Å². The Morgan fingerprint density at radius 2 is 1.46 bits per heavy atom. The highest BCUT2D eigenvalue weighted by molar-refractivity contribution is 7.55. The second kappa shape index (κ2) is 12.0. The molecule has 0 aromatic heterocycles. The molecule has 0 bridgehead atoms. The van der Waals surface area contributed by atoms with Crippen LogP contribution in [0.3, 0.4) is 0 Å². The molecule has 1 saturated heterocycles. The maximum atomic E-state index is 14.1. The molecule has 1 fully saturated rings. The topological polar surface area (TPSA) is 94.2 Å². The molecule has 1 aliphatic rings. The van der Waals surface area contributed by atoms with Crippen LogP contribution in [-0.4, -0.2) is 40.9 Å². The molecule has 1 N–H and O–H groups in total. The second-order valence-electron chi connectivity index (χ2n) is 10.2.